The smallest absolute Gasteiger partial charge is 0.337 e. The number of carboxylic acids is 1. The Labute approximate surface area is 110 Å². The number of aromatic carboxylic acids is 1. The molecule has 0 atom stereocenters. The molecule has 0 aromatic carbocycles. The summed E-state index contributed by atoms with van der Waals surface area (Å²) in [6.45, 7) is 2.52. The number of rotatable bonds is 4. The number of aromatic nitrogens is 2. The molecule has 2 aromatic heterocycles. The lowest BCUT2D eigenvalue weighted by atomic mass is 10.1. The third-order valence-corrected chi connectivity index (χ3v) is 2.76. The lowest BCUT2D eigenvalue weighted by molar-refractivity contribution is 0.0696. The van der Waals surface area contributed by atoms with Crippen molar-refractivity contribution in [3.63, 3.8) is 0 Å². The molecule has 19 heavy (non-hydrogen) atoms. The molecule has 0 amide bonds. The van der Waals surface area contributed by atoms with Crippen LogP contribution in [0.3, 0.4) is 0 Å². The van der Waals surface area contributed by atoms with Crippen LogP contribution in [0.15, 0.2) is 30.7 Å². The van der Waals surface area contributed by atoms with E-state index in [1.807, 2.05) is 13.0 Å². The van der Waals surface area contributed by atoms with E-state index >= 15 is 0 Å². The van der Waals surface area contributed by atoms with E-state index in [1.54, 1.807) is 12.4 Å². The Kier molecular flexibility index (Phi) is 3.61. The van der Waals surface area contributed by atoms with E-state index in [-0.39, 0.29) is 5.56 Å². The number of carbonyl (C=O) groups is 1. The number of hydrogen-bond donors (Lipinski definition) is 3. The zero-order chi connectivity index (χ0) is 13.8. The molecule has 0 aliphatic heterocycles. The van der Waals surface area contributed by atoms with Crippen LogP contribution in [0.1, 0.15) is 21.5 Å². The summed E-state index contributed by atoms with van der Waals surface area (Å²) in [5.41, 5.74) is 8.28. The van der Waals surface area contributed by atoms with Crippen molar-refractivity contribution in [2.45, 2.75) is 13.5 Å². The van der Waals surface area contributed by atoms with Gasteiger partial charge in [0.25, 0.3) is 0 Å². The van der Waals surface area contributed by atoms with E-state index in [4.69, 9.17) is 10.8 Å². The number of nitrogens with zero attached hydrogens (tertiary/aromatic N) is 2. The number of pyridine rings is 2. The fraction of sp³-hybridized carbons (Fsp3) is 0.154. The molecule has 98 valence electrons. The summed E-state index contributed by atoms with van der Waals surface area (Å²) in [7, 11) is 0. The second-order valence-corrected chi connectivity index (χ2v) is 4.12. The lowest BCUT2D eigenvalue weighted by Crippen LogP contribution is -2.08. The molecule has 0 aliphatic carbocycles. The third kappa shape index (κ3) is 2.98. The summed E-state index contributed by atoms with van der Waals surface area (Å²) in [4.78, 5) is 18.8. The highest BCUT2D eigenvalue weighted by Crippen LogP contribution is 2.17. The first kappa shape index (κ1) is 12.8. The average molecular weight is 258 g/mol. The molecule has 2 heterocycles. The molecule has 2 rings (SSSR count). The number of hydrogen-bond acceptors (Lipinski definition) is 5. The van der Waals surface area contributed by atoms with Gasteiger partial charge in [-0.2, -0.15) is 0 Å². The Morgan fingerprint density at radius 3 is 2.89 bits per heavy atom. The molecular weight excluding hydrogens is 244 g/mol. The molecule has 0 fully saturated rings. The Balaban J connectivity index is 2.12. The van der Waals surface area contributed by atoms with Gasteiger partial charge >= 0.3 is 5.97 Å². The SMILES string of the molecule is Cc1ccncc1CNc1ncc(C(=O)O)cc1N. The van der Waals surface area contributed by atoms with Gasteiger partial charge in [-0.15, -0.1) is 0 Å². The van der Waals surface area contributed by atoms with Crippen LogP contribution >= 0.6 is 0 Å². The number of nitrogens with two attached hydrogens (primary N) is 1. The number of aryl methyl sites for hydroxylation is 1. The van der Waals surface area contributed by atoms with E-state index in [0.717, 1.165) is 11.1 Å². The van der Waals surface area contributed by atoms with Crippen molar-refractivity contribution < 1.29 is 9.90 Å². The zero-order valence-electron chi connectivity index (χ0n) is 10.4. The van der Waals surface area contributed by atoms with Gasteiger partial charge in [0.05, 0.1) is 11.3 Å². The van der Waals surface area contributed by atoms with Gasteiger partial charge in [0.1, 0.15) is 5.82 Å². The second kappa shape index (κ2) is 5.34. The Hall–Kier alpha value is -2.63. The number of anilines is 2. The van der Waals surface area contributed by atoms with Gasteiger partial charge in [-0.05, 0) is 30.2 Å². The fourth-order valence-electron chi connectivity index (χ4n) is 1.61. The van der Waals surface area contributed by atoms with Crippen LogP contribution in [0, 0.1) is 6.92 Å². The first-order chi connectivity index (χ1) is 9.08. The second-order valence-electron chi connectivity index (χ2n) is 4.12. The number of nitrogens with one attached hydrogen (secondary N) is 1. The number of carboxylic acid groups (broad SMARTS) is 1. The van der Waals surface area contributed by atoms with Crippen molar-refractivity contribution in [3.05, 3.63) is 47.4 Å². The molecular formula is C13H14N4O2. The van der Waals surface area contributed by atoms with E-state index in [9.17, 15) is 4.79 Å². The van der Waals surface area contributed by atoms with Crippen molar-refractivity contribution in [1.82, 2.24) is 9.97 Å². The van der Waals surface area contributed by atoms with Gasteiger partial charge in [0.2, 0.25) is 0 Å². The van der Waals surface area contributed by atoms with Crippen LogP contribution in [0.4, 0.5) is 11.5 Å². The Morgan fingerprint density at radius 2 is 2.26 bits per heavy atom. The van der Waals surface area contributed by atoms with Gasteiger partial charge in [-0.3, -0.25) is 4.98 Å². The van der Waals surface area contributed by atoms with E-state index in [2.05, 4.69) is 15.3 Å². The van der Waals surface area contributed by atoms with Gasteiger partial charge in [0.15, 0.2) is 0 Å². The lowest BCUT2D eigenvalue weighted by Gasteiger charge is -2.10. The monoisotopic (exact) mass is 258 g/mol. The molecule has 0 bridgehead atoms. The highest BCUT2D eigenvalue weighted by atomic mass is 16.4. The molecule has 2 aromatic rings. The largest absolute Gasteiger partial charge is 0.478 e. The standard InChI is InChI=1S/C13H14N4O2/c1-8-2-3-15-5-10(8)7-17-12-11(14)4-9(6-16-12)13(18)19/h2-6H,7,14H2,1H3,(H,16,17)(H,18,19). The van der Waals surface area contributed by atoms with E-state index in [1.165, 1.54) is 12.3 Å². The topological polar surface area (TPSA) is 101 Å². The van der Waals surface area contributed by atoms with Crippen molar-refractivity contribution in [2.75, 3.05) is 11.1 Å². The summed E-state index contributed by atoms with van der Waals surface area (Å²) < 4.78 is 0. The van der Waals surface area contributed by atoms with Gasteiger partial charge in [-0.1, -0.05) is 0 Å². The fourth-order valence-corrected chi connectivity index (χ4v) is 1.61. The van der Waals surface area contributed by atoms with Crippen LogP contribution < -0.4 is 11.1 Å². The van der Waals surface area contributed by atoms with Crippen LogP contribution in [0.25, 0.3) is 0 Å². The number of nitrogen functional groups attached to an aromatic ring is 1. The van der Waals surface area contributed by atoms with Crippen molar-refractivity contribution >= 4 is 17.5 Å². The molecule has 0 aliphatic rings. The highest BCUT2D eigenvalue weighted by molar-refractivity contribution is 5.89. The van der Waals surface area contributed by atoms with Gasteiger partial charge in [0, 0.05) is 25.1 Å². The molecule has 0 unspecified atom stereocenters. The van der Waals surface area contributed by atoms with Gasteiger partial charge in [-0.25, -0.2) is 9.78 Å². The van der Waals surface area contributed by atoms with Crippen LogP contribution in [0.2, 0.25) is 0 Å². The predicted octanol–water partition coefficient (Wildman–Crippen LogP) is 1.68. The van der Waals surface area contributed by atoms with E-state index in [0.29, 0.717) is 18.1 Å². The summed E-state index contributed by atoms with van der Waals surface area (Å²) in [6.07, 6.45) is 4.77. The maximum Gasteiger partial charge on any atom is 0.337 e. The molecule has 0 saturated carbocycles. The van der Waals surface area contributed by atoms with Crippen LogP contribution in [-0.2, 0) is 6.54 Å². The summed E-state index contributed by atoms with van der Waals surface area (Å²) >= 11 is 0. The minimum absolute atomic E-state index is 0.0700. The Morgan fingerprint density at radius 1 is 1.47 bits per heavy atom. The van der Waals surface area contributed by atoms with Crippen LogP contribution in [-0.4, -0.2) is 21.0 Å². The van der Waals surface area contributed by atoms with E-state index < -0.39 is 5.97 Å². The van der Waals surface area contributed by atoms with Crippen molar-refractivity contribution in [3.8, 4) is 0 Å². The first-order valence-electron chi connectivity index (χ1n) is 5.70. The van der Waals surface area contributed by atoms with Crippen molar-refractivity contribution in [1.29, 1.82) is 0 Å². The van der Waals surface area contributed by atoms with Crippen LogP contribution in [0.5, 0.6) is 0 Å². The summed E-state index contributed by atoms with van der Waals surface area (Å²) in [5, 5.41) is 11.9. The molecule has 6 heteroatoms. The minimum Gasteiger partial charge on any atom is -0.478 e. The molecule has 0 radical (unpaired) electrons. The zero-order valence-corrected chi connectivity index (χ0v) is 10.4. The third-order valence-electron chi connectivity index (χ3n) is 2.76. The highest BCUT2D eigenvalue weighted by Gasteiger charge is 2.07. The van der Waals surface area contributed by atoms with Gasteiger partial charge < -0.3 is 16.2 Å². The average Bonchev–Trinajstić information content (AvgIpc) is 2.39. The summed E-state index contributed by atoms with van der Waals surface area (Å²) in [6, 6.07) is 3.30. The quantitative estimate of drug-likeness (QED) is 0.771. The Bertz CT molecular complexity index is 613. The molecule has 0 spiro atoms. The minimum atomic E-state index is -1.05. The predicted molar refractivity (Wildman–Crippen MR) is 71.9 cm³/mol. The summed E-state index contributed by atoms with van der Waals surface area (Å²) in [5.74, 6) is -0.581. The first-order valence-corrected chi connectivity index (χ1v) is 5.70. The van der Waals surface area contributed by atoms with Crippen molar-refractivity contribution in [2.24, 2.45) is 0 Å². The maximum atomic E-state index is 10.8. The molecule has 6 nitrogen and oxygen atoms in total. The molecule has 0 saturated heterocycles. The molecule has 4 N–H and O–H groups in total. The normalized spacial score (nSPS) is 10.2. The maximum absolute atomic E-state index is 10.8.